The lowest BCUT2D eigenvalue weighted by Gasteiger charge is -2.36. The third kappa shape index (κ3) is 5.33. The van der Waals surface area contributed by atoms with Crippen molar-refractivity contribution in [2.45, 2.75) is 31.5 Å². The Kier molecular flexibility index (Phi) is 6.84. The van der Waals surface area contributed by atoms with Crippen LogP contribution >= 0.6 is 11.6 Å². The Bertz CT molecular complexity index is 1710. The van der Waals surface area contributed by atoms with Crippen molar-refractivity contribution in [2.24, 2.45) is 0 Å². The number of fused-ring (bicyclic) bond motifs is 2. The molecule has 9 nitrogen and oxygen atoms in total. The minimum absolute atomic E-state index is 0.0000426. The van der Waals surface area contributed by atoms with Crippen molar-refractivity contribution in [1.82, 2.24) is 19.9 Å². The first kappa shape index (κ1) is 27.0. The first-order valence-electron chi connectivity index (χ1n) is 12.3. The number of benzene rings is 2. The average Bonchev–Trinajstić information content (AvgIpc) is 2.87. The van der Waals surface area contributed by atoms with E-state index in [4.69, 9.17) is 16.3 Å². The highest BCUT2D eigenvalue weighted by Gasteiger charge is 2.29. The van der Waals surface area contributed by atoms with Crippen LogP contribution in [-0.4, -0.2) is 72.4 Å². The summed E-state index contributed by atoms with van der Waals surface area (Å²) < 4.78 is 46.6. The molecule has 204 valence electrons. The summed E-state index contributed by atoms with van der Waals surface area (Å²) >= 11 is 6.47. The average molecular weight is 572 g/mol. The van der Waals surface area contributed by atoms with Gasteiger partial charge in [0, 0.05) is 54.6 Å². The number of ether oxygens (including phenoxy) is 1. The monoisotopic (exact) mass is 571 g/mol. The molecule has 2 aromatic heterocycles. The lowest BCUT2D eigenvalue weighted by molar-refractivity contribution is 0.0240. The third-order valence-corrected chi connectivity index (χ3v) is 7.48. The number of hydrogen-bond acceptors (Lipinski definition) is 8. The van der Waals surface area contributed by atoms with Gasteiger partial charge < -0.3 is 14.5 Å². The minimum atomic E-state index is -3.88. The van der Waals surface area contributed by atoms with Crippen LogP contribution in [-0.2, 0) is 14.6 Å². The highest BCUT2D eigenvalue weighted by molar-refractivity contribution is 7.90. The molecule has 1 fully saturated rings. The Hall–Kier alpha value is -3.57. The highest BCUT2D eigenvalue weighted by atomic mass is 35.5. The largest absolute Gasteiger partial charge is 0.444 e. The summed E-state index contributed by atoms with van der Waals surface area (Å²) in [5.74, 6) is -0.543. The molecular weight excluding hydrogens is 545 g/mol. The smallest absolute Gasteiger partial charge is 0.410 e. The van der Waals surface area contributed by atoms with Gasteiger partial charge in [-0.05, 0) is 32.2 Å². The van der Waals surface area contributed by atoms with Crippen molar-refractivity contribution < 1.29 is 22.3 Å². The minimum Gasteiger partial charge on any atom is -0.444 e. The van der Waals surface area contributed by atoms with E-state index < -0.39 is 32.5 Å². The van der Waals surface area contributed by atoms with E-state index in [0.717, 1.165) is 11.6 Å². The zero-order valence-corrected chi connectivity index (χ0v) is 23.5. The number of piperazine rings is 1. The van der Waals surface area contributed by atoms with Crippen molar-refractivity contribution in [1.29, 1.82) is 0 Å². The second-order valence-electron chi connectivity index (χ2n) is 10.4. The number of carbonyl (C=O) groups excluding carboxylic acids is 1. The maximum atomic E-state index is 16.2. The summed E-state index contributed by atoms with van der Waals surface area (Å²) in [6.45, 7) is 6.68. The van der Waals surface area contributed by atoms with Gasteiger partial charge in [0.05, 0.1) is 5.39 Å². The van der Waals surface area contributed by atoms with Gasteiger partial charge in [-0.15, -0.1) is 0 Å². The van der Waals surface area contributed by atoms with Gasteiger partial charge in [-0.1, -0.05) is 41.9 Å². The van der Waals surface area contributed by atoms with Crippen molar-refractivity contribution >= 4 is 55.0 Å². The predicted molar refractivity (Wildman–Crippen MR) is 148 cm³/mol. The zero-order valence-electron chi connectivity index (χ0n) is 21.9. The van der Waals surface area contributed by atoms with Gasteiger partial charge in [0.1, 0.15) is 22.6 Å². The van der Waals surface area contributed by atoms with E-state index in [0.29, 0.717) is 42.2 Å². The maximum absolute atomic E-state index is 16.2. The molecule has 12 heteroatoms. The molecule has 0 atom stereocenters. The molecule has 0 unspecified atom stereocenters. The fourth-order valence-electron chi connectivity index (χ4n) is 4.54. The van der Waals surface area contributed by atoms with Crippen molar-refractivity contribution in [2.75, 3.05) is 37.3 Å². The summed E-state index contributed by atoms with van der Waals surface area (Å²) in [6, 6.07) is 10.7. The number of rotatable bonds is 3. The SMILES string of the molecule is CC(C)(C)OC(=O)N1CCN(c2nc(S(C)(=O)=O)nc3c(F)c(-c4cccc5cccc(Cl)c45)ncc23)CC1. The van der Waals surface area contributed by atoms with Crippen LogP contribution in [0.1, 0.15) is 20.8 Å². The van der Waals surface area contributed by atoms with Crippen LogP contribution in [0.4, 0.5) is 15.0 Å². The van der Waals surface area contributed by atoms with Gasteiger partial charge in [0.2, 0.25) is 15.0 Å². The number of amides is 1. The molecule has 1 aliphatic heterocycles. The fourth-order valence-corrected chi connectivity index (χ4v) is 5.33. The van der Waals surface area contributed by atoms with E-state index in [2.05, 4.69) is 15.0 Å². The lowest BCUT2D eigenvalue weighted by Crippen LogP contribution is -2.50. The van der Waals surface area contributed by atoms with E-state index in [1.165, 1.54) is 6.20 Å². The van der Waals surface area contributed by atoms with E-state index in [1.807, 2.05) is 12.1 Å². The Labute approximate surface area is 230 Å². The Morgan fingerprint density at radius 1 is 1.05 bits per heavy atom. The van der Waals surface area contributed by atoms with Gasteiger partial charge in [-0.25, -0.2) is 27.6 Å². The van der Waals surface area contributed by atoms with Crippen LogP contribution in [0.25, 0.3) is 32.9 Å². The van der Waals surface area contributed by atoms with E-state index in [-0.39, 0.29) is 22.4 Å². The maximum Gasteiger partial charge on any atom is 0.410 e. The zero-order chi connectivity index (χ0) is 28.1. The summed E-state index contributed by atoms with van der Waals surface area (Å²) in [6.07, 6.45) is 1.99. The number of halogens is 2. The molecule has 5 rings (SSSR count). The number of sulfone groups is 1. The molecule has 0 bridgehead atoms. The van der Waals surface area contributed by atoms with Crippen LogP contribution in [0.5, 0.6) is 0 Å². The van der Waals surface area contributed by atoms with Crippen LogP contribution in [0.2, 0.25) is 5.02 Å². The molecule has 4 aromatic rings. The number of aromatic nitrogens is 3. The number of pyridine rings is 1. The number of nitrogens with zero attached hydrogens (tertiary/aromatic N) is 5. The molecule has 1 aliphatic rings. The first-order chi connectivity index (χ1) is 18.3. The molecular formula is C27H27ClFN5O4S. The molecule has 0 N–H and O–H groups in total. The van der Waals surface area contributed by atoms with Crippen LogP contribution in [0.15, 0.2) is 47.8 Å². The lowest BCUT2D eigenvalue weighted by atomic mass is 10.0. The summed E-state index contributed by atoms with van der Waals surface area (Å²) in [5.41, 5.74) is -0.329. The van der Waals surface area contributed by atoms with Gasteiger partial charge in [0.15, 0.2) is 5.82 Å². The van der Waals surface area contributed by atoms with Crippen molar-refractivity contribution in [3.8, 4) is 11.3 Å². The van der Waals surface area contributed by atoms with Crippen LogP contribution < -0.4 is 4.90 Å². The summed E-state index contributed by atoms with van der Waals surface area (Å²) in [4.78, 5) is 28.7. The topological polar surface area (TPSA) is 106 Å². The van der Waals surface area contributed by atoms with Gasteiger partial charge in [-0.3, -0.25) is 4.98 Å². The van der Waals surface area contributed by atoms with Gasteiger partial charge in [-0.2, -0.15) is 0 Å². The summed E-state index contributed by atoms with van der Waals surface area (Å²) in [5, 5.41) is 1.65. The van der Waals surface area contributed by atoms with E-state index >= 15 is 4.39 Å². The quantitative estimate of drug-likeness (QED) is 0.313. The van der Waals surface area contributed by atoms with E-state index in [9.17, 15) is 13.2 Å². The second kappa shape index (κ2) is 9.87. The first-order valence-corrected chi connectivity index (χ1v) is 14.6. The Morgan fingerprint density at radius 3 is 2.36 bits per heavy atom. The molecule has 0 spiro atoms. The predicted octanol–water partition coefficient (Wildman–Crippen LogP) is 5.10. The normalized spacial score (nSPS) is 14.7. The van der Waals surface area contributed by atoms with Gasteiger partial charge in [0.25, 0.3) is 0 Å². The highest BCUT2D eigenvalue weighted by Crippen LogP contribution is 2.37. The number of hydrogen-bond donors (Lipinski definition) is 0. The molecule has 0 aliphatic carbocycles. The standard InChI is InChI=1S/C27H27ClFN5O4S/c1-27(2,3)38-26(35)34-13-11-33(12-14-34)24-18-15-30-22(21(29)23(18)31-25(32-24)39(4,36)37)17-9-5-7-16-8-6-10-19(28)20(16)17/h5-10,15H,11-14H2,1-4H3. The van der Waals surface area contributed by atoms with E-state index in [1.54, 1.807) is 54.8 Å². The summed E-state index contributed by atoms with van der Waals surface area (Å²) in [7, 11) is -3.88. The molecule has 0 saturated carbocycles. The fraction of sp³-hybridized carbons (Fsp3) is 0.333. The molecule has 39 heavy (non-hydrogen) atoms. The Morgan fingerprint density at radius 2 is 1.72 bits per heavy atom. The van der Waals surface area contributed by atoms with Crippen LogP contribution in [0.3, 0.4) is 0 Å². The number of anilines is 1. The molecule has 3 heterocycles. The molecule has 2 aromatic carbocycles. The molecule has 0 radical (unpaired) electrons. The van der Waals surface area contributed by atoms with Gasteiger partial charge >= 0.3 is 6.09 Å². The Balaban J connectivity index is 1.60. The third-order valence-electron chi connectivity index (χ3n) is 6.32. The van der Waals surface area contributed by atoms with Crippen molar-refractivity contribution in [3.05, 3.63) is 53.4 Å². The molecule has 1 amide bonds. The second-order valence-corrected chi connectivity index (χ2v) is 12.7. The van der Waals surface area contributed by atoms with Crippen molar-refractivity contribution in [3.63, 3.8) is 0 Å². The molecule has 1 saturated heterocycles. The number of carbonyl (C=O) groups is 1. The van der Waals surface area contributed by atoms with Crippen LogP contribution in [0, 0.1) is 5.82 Å².